The second-order valence-electron chi connectivity index (χ2n) is 7.71. The molecule has 0 aromatic heterocycles. The first-order chi connectivity index (χ1) is 11.6. The van der Waals surface area contributed by atoms with Gasteiger partial charge in [0.05, 0.1) is 11.2 Å². The number of rotatable bonds is 6. The van der Waals surface area contributed by atoms with Crippen LogP contribution in [0.1, 0.15) is 59.1 Å². The number of hydrogen-bond donors (Lipinski definition) is 1. The van der Waals surface area contributed by atoms with Crippen LogP contribution in [0.4, 0.5) is 0 Å². The highest BCUT2D eigenvalue weighted by Crippen LogP contribution is 2.38. The summed E-state index contributed by atoms with van der Waals surface area (Å²) in [5.41, 5.74) is 2.52. The molecule has 1 heterocycles. The van der Waals surface area contributed by atoms with Gasteiger partial charge in [-0.3, -0.25) is 4.79 Å². The molecule has 1 N–H and O–H groups in total. The molecule has 5 heteroatoms. The molecule has 0 bridgehead atoms. The van der Waals surface area contributed by atoms with E-state index >= 15 is 0 Å². The largest absolute Gasteiger partial charge is 0.492 e. The Kier molecular flexibility index (Phi) is 6.12. The lowest BCUT2D eigenvalue weighted by molar-refractivity contribution is -0.118. The lowest BCUT2D eigenvalue weighted by Gasteiger charge is -2.32. The Balaban J connectivity index is 2.25. The van der Waals surface area contributed by atoms with E-state index in [1.54, 1.807) is 0 Å². The fourth-order valence-electron chi connectivity index (χ4n) is 2.71. The van der Waals surface area contributed by atoms with Crippen LogP contribution in [-0.4, -0.2) is 30.8 Å². The Labute approximate surface area is 152 Å². The first-order valence-corrected chi connectivity index (χ1v) is 9.04. The van der Waals surface area contributed by atoms with Gasteiger partial charge in [-0.25, -0.2) is 0 Å². The van der Waals surface area contributed by atoms with Gasteiger partial charge in [-0.1, -0.05) is 43.7 Å². The minimum absolute atomic E-state index is 0.0688. The minimum Gasteiger partial charge on any atom is -0.400 e. The number of benzene rings is 1. The van der Waals surface area contributed by atoms with Crippen molar-refractivity contribution in [2.75, 3.05) is 6.54 Å². The van der Waals surface area contributed by atoms with E-state index in [2.05, 4.69) is 36.5 Å². The molecule has 4 nitrogen and oxygen atoms in total. The highest BCUT2D eigenvalue weighted by molar-refractivity contribution is 6.56. The summed E-state index contributed by atoms with van der Waals surface area (Å²) in [4.78, 5) is 11.4. The van der Waals surface area contributed by atoms with E-state index in [-0.39, 0.29) is 5.91 Å². The number of carbonyl (C=O) groups excluding carboxylic acids is 1. The highest BCUT2D eigenvalue weighted by Gasteiger charge is 2.52. The van der Waals surface area contributed by atoms with E-state index in [0.29, 0.717) is 6.54 Å². The monoisotopic (exact) mass is 343 g/mol. The molecule has 136 valence electrons. The Morgan fingerprint density at radius 3 is 2.16 bits per heavy atom. The summed E-state index contributed by atoms with van der Waals surface area (Å²) in [5, 5.41) is 2.86. The molecular formula is C20H30BNO3. The highest BCUT2D eigenvalue weighted by atomic mass is 16.7. The topological polar surface area (TPSA) is 47.6 Å². The zero-order chi connectivity index (χ0) is 18.7. The molecule has 2 rings (SSSR count). The van der Waals surface area contributed by atoms with Gasteiger partial charge in [-0.2, -0.15) is 0 Å². The van der Waals surface area contributed by atoms with Crippen LogP contribution in [0.2, 0.25) is 0 Å². The molecule has 0 atom stereocenters. The maximum Gasteiger partial charge on any atom is 0.492 e. The van der Waals surface area contributed by atoms with Gasteiger partial charge in [-0.15, -0.1) is 0 Å². The summed E-state index contributed by atoms with van der Waals surface area (Å²) in [5.74, 6) is -0.0688. The fourth-order valence-corrected chi connectivity index (χ4v) is 2.71. The summed E-state index contributed by atoms with van der Waals surface area (Å²) in [6, 6.07) is 8.50. The number of carbonyl (C=O) groups is 1. The van der Waals surface area contributed by atoms with E-state index in [1.807, 2.05) is 33.8 Å². The van der Waals surface area contributed by atoms with Crippen LogP contribution in [-0.2, 0) is 20.5 Å². The van der Waals surface area contributed by atoms with Crippen LogP contribution in [0.15, 0.2) is 29.7 Å². The summed E-state index contributed by atoms with van der Waals surface area (Å²) in [6.07, 6.45) is 4.27. The van der Waals surface area contributed by atoms with E-state index < -0.39 is 18.3 Å². The first-order valence-electron chi connectivity index (χ1n) is 9.04. The van der Waals surface area contributed by atoms with Crippen molar-refractivity contribution in [1.82, 2.24) is 5.32 Å². The van der Waals surface area contributed by atoms with Gasteiger partial charge in [-0.05, 0) is 50.7 Å². The first kappa shape index (κ1) is 19.7. The predicted molar refractivity (Wildman–Crippen MR) is 103 cm³/mol. The standard InChI is InChI=1S/C20H30BNO3/c1-7-8-16-9-11-17(12-10-16)13-18(14-22-15(2)23)21-24-19(3,4)20(5,6)25-21/h9-13H,7-8,14H2,1-6H3,(H,22,23). The quantitative estimate of drug-likeness (QED) is 0.800. The molecule has 1 aromatic carbocycles. The van der Waals surface area contributed by atoms with Crippen molar-refractivity contribution in [3.8, 4) is 0 Å². The van der Waals surface area contributed by atoms with Crippen LogP contribution < -0.4 is 5.32 Å². The number of amides is 1. The molecule has 1 saturated heterocycles. The van der Waals surface area contributed by atoms with E-state index in [4.69, 9.17) is 9.31 Å². The van der Waals surface area contributed by atoms with Crippen molar-refractivity contribution in [2.45, 2.75) is 65.6 Å². The van der Waals surface area contributed by atoms with Crippen molar-refractivity contribution in [1.29, 1.82) is 0 Å². The average Bonchev–Trinajstić information content (AvgIpc) is 2.73. The van der Waals surface area contributed by atoms with Gasteiger partial charge in [0.2, 0.25) is 5.91 Å². The predicted octanol–water partition coefficient (Wildman–Crippen LogP) is 3.79. The second kappa shape index (κ2) is 7.75. The third kappa shape index (κ3) is 4.96. The van der Waals surface area contributed by atoms with Crippen molar-refractivity contribution in [3.05, 3.63) is 40.9 Å². The van der Waals surface area contributed by atoms with Gasteiger partial charge in [0.1, 0.15) is 0 Å². The van der Waals surface area contributed by atoms with Crippen LogP contribution >= 0.6 is 0 Å². The molecule has 1 fully saturated rings. The molecule has 1 aliphatic rings. The van der Waals surface area contributed by atoms with E-state index in [0.717, 1.165) is 23.9 Å². The number of hydrogen-bond acceptors (Lipinski definition) is 3. The summed E-state index contributed by atoms with van der Waals surface area (Å²) >= 11 is 0. The summed E-state index contributed by atoms with van der Waals surface area (Å²) in [7, 11) is -0.466. The molecule has 0 aliphatic carbocycles. The molecule has 0 unspecified atom stereocenters. The van der Waals surface area contributed by atoms with Gasteiger partial charge < -0.3 is 14.6 Å². The number of nitrogens with one attached hydrogen (secondary N) is 1. The Hall–Kier alpha value is -1.59. The molecule has 25 heavy (non-hydrogen) atoms. The lowest BCUT2D eigenvalue weighted by Crippen LogP contribution is -2.41. The molecule has 0 saturated carbocycles. The van der Waals surface area contributed by atoms with Crippen LogP contribution in [0.25, 0.3) is 6.08 Å². The smallest absolute Gasteiger partial charge is 0.400 e. The van der Waals surface area contributed by atoms with Crippen molar-refractivity contribution in [2.24, 2.45) is 0 Å². The van der Waals surface area contributed by atoms with Gasteiger partial charge in [0.25, 0.3) is 0 Å². The molecular weight excluding hydrogens is 313 g/mol. The maximum atomic E-state index is 11.4. The lowest BCUT2D eigenvalue weighted by atomic mass is 9.77. The zero-order valence-electron chi connectivity index (χ0n) is 16.3. The molecule has 1 aromatic rings. The molecule has 0 radical (unpaired) electrons. The third-order valence-electron chi connectivity index (χ3n) is 4.97. The van der Waals surface area contributed by atoms with Crippen LogP contribution in [0.5, 0.6) is 0 Å². The van der Waals surface area contributed by atoms with Crippen LogP contribution in [0, 0.1) is 0 Å². The molecule has 1 aliphatic heterocycles. The zero-order valence-corrected chi connectivity index (χ0v) is 16.3. The maximum absolute atomic E-state index is 11.4. The third-order valence-corrected chi connectivity index (χ3v) is 4.97. The number of aryl methyl sites for hydroxylation is 1. The van der Waals surface area contributed by atoms with Crippen molar-refractivity contribution >= 4 is 19.1 Å². The minimum atomic E-state index is -0.466. The SMILES string of the molecule is CCCc1ccc(C=C(CNC(C)=O)B2OC(C)(C)C(C)(C)O2)cc1. The average molecular weight is 343 g/mol. The fraction of sp³-hybridized carbons (Fsp3) is 0.550. The Morgan fingerprint density at radius 1 is 1.12 bits per heavy atom. The van der Waals surface area contributed by atoms with E-state index in [1.165, 1.54) is 12.5 Å². The van der Waals surface area contributed by atoms with Gasteiger partial charge in [0, 0.05) is 13.5 Å². The normalized spacial score (nSPS) is 19.1. The van der Waals surface area contributed by atoms with Gasteiger partial charge in [0.15, 0.2) is 0 Å². The Morgan fingerprint density at radius 2 is 1.68 bits per heavy atom. The summed E-state index contributed by atoms with van der Waals surface area (Å²) in [6.45, 7) is 12.2. The van der Waals surface area contributed by atoms with E-state index in [9.17, 15) is 4.79 Å². The summed E-state index contributed by atoms with van der Waals surface area (Å²) < 4.78 is 12.3. The molecule has 0 spiro atoms. The van der Waals surface area contributed by atoms with Crippen LogP contribution in [0.3, 0.4) is 0 Å². The Bertz CT molecular complexity index is 619. The second-order valence-corrected chi connectivity index (χ2v) is 7.71. The van der Waals surface area contributed by atoms with Crippen molar-refractivity contribution in [3.63, 3.8) is 0 Å². The van der Waals surface area contributed by atoms with Crippen molar-refractivity contribution < 1.29 is 14.1 Å². The van der Waals surface area contributed by atoms with Gasteiger partial charge >= 0.3 is 7.12 Å². The molecule has 1 amide bonds.